The maximum Gasteiger partial charge on any atom is 0.326 e. The molecule has 1 atom stereocenters. The van der Waals surface area contributed by atoms with E-state index in [1.54, 1.807) is 0 Å². The van der Waals surface area contributed by atoms with Crippen LogP contribution in [-0.4, -0.2) is 27.5 Å². The lowest BCUT2D eigenvalue weighted by Crippen LogP contribution is -2.38. The Morgan fingerprint density at radius 3 is 2.48 bits per heavy atom. The molecule has 0 spiro atoms. The van der Waals surface area contributed by atoms with Gasteiger partial charge in [0, 0.05) is 30.2 Å². The second-order valence-electron chi connectivity index (χ2n) is 6.81. The van der Waals surface area contributed by atoms with Gasteiger partial charge in [0.1, 0.15) is 0 Å². The van der Waals surface area contributed by atoms with Crippen LogP contribution in [0.15, 0.2) is 53.3 Å². The van der Waals surface area contributed by atoms with Gasteiger partial charge < -0.3 is 4.98 Å². The van der Waals surface area contributed by atoms with Crippen LogP contribution < -0.4 is 5.69 Å². The smallest absolute Gasteiger partial charge is 0.306 e. The minimum atomic E-state index is 0.00500. The van der Waals surface area contributed by atoms with Crippen molar-refractivity contribution in [1.82, 2.24) is 14.5 Å². The maximum absolute atomic E-state index is 12.4. The zero-order valence-corrected chi connectivity index (χ0v) is 15.0. The van der Waals surface area contributed by atoms with Crippen LogP contribution in [0.4, 0.5) is 0 Å². The van der Waals surface area contributed by atoms with Crippen LogP contribution in [0.5, 0.6) is 0 Å². The molecule has 5 heteroatoms. The second-order valence-corrected chi connectivity index (χ2v) is 7.25. The molecule has 4 rings (SSSR count). The predicted molar refractivity (Wildman–Crippen MR) is 102 cm³/mol. The predicted octanol–water partition coefficient (Wildman–Crippen LogP) is 4.38. The summed E-state index contributed by atoms with van der Waals surface area (Å²) < 4.78 is 1.94. The van der Waals surface area contributed by atoms with Gasteiger partial charge in [-0.1, -0.05) is 35.9 Å². The zero-order valence-electron chi connectivity index (χ0n) is 14.3. The van der Waals surface area contributed by atoms with Crippen molar-refractivity contribution in [3.8, 4) is 0 Å². The van der Waals surface area contributed by atoms with Crippen molar-refractivity contribution >= 4 is 22.6 Å². The Morgan fingerprint density at radius 1 is 1.08 bits per heavy atom. The van der Waals surface area contributed by atoms with Gasteiger partial charge in [0.25, 0.3) is 0 Å². The van der Waals surface area contributed by atoms with Gasteiger partial charge in [0.05, 0.1) is 11.0 Å². The van der Waals surface area contributed by atoms with Crippen molar-refractivity contribution in [2.75, 3.05) is 13.1 Å². The number of hydrogen-bond acceptors (Lipinski definition) is 2. The van der Waals surface area contributed by atoms with Crippen molar-refractivity contribution < 1.29 is 0 Å². The molecule has 2 aromatic carbocycles. The fourth-order valence-electron chi connectivity index (χ4n) is 3.92. The first-order chi connectivity index (χ1) is 12.1. The number of aromatic amines is 1. The number of rotatable bonds is 3. The van der Waals surface area contributed by atoms with Crippen LogP contribution in [-0.2, 0) is 0 Å². The van der Waals surface area contributed by atoms with Gasteiger partial charge >= 0.3 is 5.69 Å². The summed E-state index contributed by atoms with van der Waals surface area (Å²) in [5, 5.41) is 0.772. The molecule has 1 fully saturated rings. The quantitative estimate of drug-likeness (QED) is 0.757. The molecule has 1 N–H and O–H groups in total. The monoisotopic (exact) mass is 355 g/mol. The molecule has 1 aliphatic heterocycles. The minimum Gasteiger partial charge on any atom is -0.306 e. The maximum atomic E-state index is 12.4. The summed E-state index contributed by atoms with van der Waals surface area (Å²) >= 11 is 5.99. The third kappa shape index (κ3) is 3.12. The molecule has 0 bridgehead atoms. The van der Waals surface area contributed by atoms with Crippen LogP contribution in [0.3, 0.4) is 0 Å². The molecule has 130 valence electrons. The molecule has 2 heterocycles. The summed E-state index contributed by atoms with van der Waals surface area (Å²) in [7, 11) is 0. The molecule has 25 heavy (non-hydrogen) atoms. The van der Waals surface area contributed by atoms with Gasteiger partial charge in [-0.15, -0.1) is 0 Å². The van der Waals surface area contributed by atoms with Crippen LogP contribution >= 0.6 is 11.6 Å². The van der Waals surface area contributed by atoms with E-state index in [1.165, 1.54) is 5.56 Å². The molecule has 0 radical (unpaired) electrons. The largest absolute Gasteiger partial charge is 0.326 e. The first-order valence-electron chi connectivity index (χ1n) is 8.82. The minimum absolute atomic E-state index is 0.00500. The fraction of sp³-hybridized carbons (Fsp3) is 0.350. The number of likely N-dealkylation sites (tertiary alicyclic amines) is 1. The Hall–Kier alpha value is -2.04. The Labute approximate surface area is 152 Å². The molecule has 3 aromatic rings. The van der Waals surface area contributed by atoms with E-state index in [0.29, 0.717) is 6.04 Å². The van der Waals surface area contributed by atoms with Gasteiger partial charge in [0.2, 0.25) is 0 Å². The summed E-state index contributed by atoms with van der Waals surface area (Å²) in [6.45, 7) is 4.21. The van der Waals surface area contributed by atoms with Gasteiger partial charge in [-0.2, -0.15) is 0 Å². The molecule has 4 nitrogen and oxygen atoms in total. The van der Waals surface area contributed by atoms with Crippen molar-refractivity contribution in [2.24, 2.45) is 0 Å². The molecule has 1 saturated heterocycles. The molecule has 1 unspecified atom stereocenters. The topological polar surface area (TPSA) is 41.0 Å². The van der Waals surface area contributed by atoms with E-state index in [2.05, 4.69) is 28.9 Å². The van der Waals surface area contributed by atoms with Crippen LogP contribution in [0.25, 0.3) is 11.0 Å². The van der Waals surface area contributed by atoms with Crippen LogP contribution in [0.1, 0.15) is 37.4 Å². The SMILES string of the molecule is CC(c1ccc(Cl)cc1)N1CCC(n2c(=O)[nH]c3ccccc32)CC1. The zero-order chi connectivity index (χ0) is 17.4. The van der Waals surface area contributed by atoms with Gasteiger partial charge in [0.15, 0.2) is 0 Å². The normalized spacial score (nSPS) is 17.8. The lowest BCUT2D eigenvalue weighted by molar-refractivity contribution is 0.144. The number of piperidine rings is 1. The number of nitrogens with zero attached hydrogens (tertiary/aromatic N) is 2. The Bertz CT molecular complexity index is 920. The van der Waals surface area contributed by atoms with Gasteiger partial charge in [-0.25, -0.2) is 4.79 Å². The highest BCUT2D eigenvalue weighted by atomic mass is 35.5. The first kappa shape index (κ1) is 16.4. The number of halogens is 1. The van der Waals surface area contributed by atoms with Crippen molar-refractivity contribution in [1.29, 1.82) is 0 Å². The number of nitrogens with one attached hydrogen (secondary N) is 1. The molecular weight excluding hydrogens is 334 g/mol. The molecule has 1 aliphatic rings. The molecule has 0 amide bonds. The molecule has 0 saturated carbocycles. The third-order valence-corrected chi connectivity index (χ3v) is 5.64. The number of H-pyrrole nitrogens is 1. The van der Waals surface area contributed by atoms with E-state index in [9.17, 15) is 4.79 Å². The number of benzene rings is 2. The third-order valence-electron chi connectivity index (χ3n) is 5.39. The highest BCUT2D eigenvalue weighted by Gasteiger charge is 2.26. The van der Waals surface area contributed by atoms with E-state index in [1.807, 2.05) is 41.0 Å². The lowest BCUT2D eigenvalue weighted by Gasteiger charge is -2.36. The Morgan fingerprint density at radius 2 is 1.76 bits per heavy atom. The number of fused-ring (bicyclic) bond motifs is 1. The molecule has 1 aromatic heterocycles. The summed E-state index contributed by atoms with van der Waals surface area (Å²) in [6, 6.07) is 16.7. The molecular formula is C20H22ClN3O. The van der Waals surface area contributed by atoms with Gasteiger partial charge in [-0.05, 0) is 49.6 Å². The highest BCUT2D eigenvalue weighted by Crippen LogP contribution is 2.30. The number of para-hydroxylation sites is 2. The summed E-state index contributed by atoms with van der Waals surface area (Å²) in [5.74, 6) is 0. The van der Waals surface area contributed by atoms with E-state index < -0.39 is 0 Å². The Balaban J connectivity index is 1.50. The number of imidazole rings is 1. The van der Waals surface area contributed by atoms with Crippen LogP contribution in [0.2, 0.25) is 5.02 Å². The number of aromatic nitrogens is 2. The highest BCUT2D eigenvalue weighted by molar-refractivity contribution is 6.30. The van der Waals surface area contributed by atoms with Crippen molar-refractivity contribution in [2.45, 2.75) is 31.8 Å². The summed E-state index contributed by atoms with van der Waals surface area (Å²) in [4.78, 5) is 17.8. The first-order valence-corrected chi connectivity index (χ1v) is 9.20. The summed E-state index contributed by atoms with van der Waals surface area (Å²) in [5.41, 5.74) is 3.22. The Kier molecular flexibility index (Phi) is 4.40. The van der Waals surface area contributed by atoms with Crippen molar-refractivity contribution in [3.63, 3.8) is 0 Å². The average molecular weight is 356 g/mol. The second kappa shape index (κ2) is 6.70. The van der Waals surface area contributed by atoms with E-state index in [4.69, 9.17) is 11.6 Å². The van der Waals surface area contributed by atoms with Gasteiger partial charge in [-0.3, -0.25) is 9.47 Å². The van der Waals surface area contributed by atoms with Crippen LogP contribution in [0, 0.1) is 0 Å². The lowest BCUT2D eigenvalue weighted by atomic mass is 10.00. The average Bonchev–Trinajstić information content (AvgIpc) is 2.97. The van der Waals surface area contributed by atoms with E-state index >= 15 is 0 Å². The molecule has 0 aliphatic carbocycles. The van der Waals surface area contributed by atoms with Crippen molar-refractivity contribution in [3.05, 3.63) is 69.6 Å². The van der Waals surface area contributed by atoms with E-state index in [-0.39, 0.29) is 11.7 Å². The fourth-order valence-corrected chi connectivity index (χ4v) is 4.05. The summed E-state index contributed by atoms with van der Waals surface area (Å²) in [6.07, 6.45) is 1.97. The standard InChI is InChI=1S/C20H22ClN3O/c1-14(15-6-8-16(21)9-7-15)23-12-10-17(11-13-23)24-19-5-3-2-4-18(19)22-20(24)25/h2-9,14,17H,10-13H2,1H3,(H,22,25). The van der Waals surface area contributed by atoms with E-state index in [0.717, 1.165) is 42.0 Å². The number of hydrogen-bond donors (Lipinski definition) is 1.